The van der Waals surface area contributed by atoms with E-state index in [0.29, 0.717) is 25.8 Å². The van der Waals surface area contributed by atoms with E-state index < -0.39 is 12.1 Å². The Morgan fingerprint density at radius 3 is 2.92 bits per heavy atom. The van der Waals surface area contributed by atoms with Gasteiger partial charge in [-0.05, 0) is 31.4 Å². The topological polar surface area (TPSA) is 77.8 Å². The van der Waals surface area contributed by atoms with Gasteiger partial charge >= 0.3 is 5.97 Å². The fourth-order valence-corrected chi connectivity index (χ4v) is 3.53. The lowest BCUT2D eigenvalue weighted by molar-refractivity contribution is -0.137. The van der Waals surface area contributed by atoms with Crippen LogP contribution in [0.5, 0.6) is 0 Å². The standard InChI is InChI=1S/C19H29NO4S/c1-3-4-6-15(2)17(21)10-8-16-9-11-18(22)20(16)12-14-25-13-5-7-19(23)24/h8,10,15-17,21H,5-7,9,11-14H2,1-2H3,(H,23,24)/t15-,16?,17+/m0/s1. The van der Waals surface area contributed by atoms with Gasteiger partial charge in [-0.15, -0.1) is 11.8 Å². The average Bonchev–Trinajstić information content (AvgIpc) is 2.93. The summed E-state index contributed by atoms with van der Waals surface area (Å²) in [5, 5.41) is 18.8. The number of likely N-dealkylation sites (tertiary alicyclic amines) is 1. The second-order valence-electron chi connectivity index (χ2n) is 6.29. The number of aliphatic hydroxyl groups is 1. The summed E-state index contributed by atoms with van der Waals surface area (Å²) in [6, 6.07) is 0.0474. The quantitative estimate of drug-likeness (QED) is 0.333. The molecule has 0 aromatic carbocycles. The van der Waals surface area contributed by atoms with Crippen LogP contribution in [0.3, 0.4) is 0 Å². The van der Waals surface area contributed by atoms with Gasteiger partial charge in [-0.2, -0.15) is 11.8 Å². The smallest absolute Gasteiger partial charge is 0.303 e. The molecule has 1 aliphatic rings. The molecule has 2 N–H and O–H groups in total. The number of rotatable bonds is 11. The Morgan fingerprint density at radius 2 is 2.24 bits per heavy atom. The van der Waals surface area contributed by atoms with Gasteiger partial charge in [-0.1, -0.05) is 19.1 Å². The molecule has 0 radical (unpaired) electrons. The van der Waals surface area contributed by atoms with Crippen LogP contribution in [0.1, 0.15) is 46.0 Å². The Labute approximate surface area is 154 Å². The van der Waals surface area contributed by atoms with Crippen molar-refractivity contribution in [2.75, 3.05) is 18.1 Å². The van der Waals surface area contributed by atoms with Crippen molar-refractivity contribution in [2.24, 2.45) is 5.92 Å². The molecule has 0 bridgehead atoms. The van der Waals surface area contributed by atoms with Crippen molar-refractivity contribution in [3.63, 3.8) is 0 Å². The summed E-state index contributed by atoms with van der Waals surface area (Å²) < 4.78 is 0. The Bertz CT molecular complexity index is 523. The van der Waals surface area contributed by atoms with E-state index in [2.05, 4.69) is 11.8 Å². The third kappa shape index (κ3) is 8.46. The zero-order valence-electron chi connectivity index (χ0n) is 15.1. The number of nitrogens with zero attached hydrogens (tertiary/aromatic N) is 1. The largest absolute Gasteiger partial charge is 0.481 e. The van der Waals surface area contributed by atoms with E-state index in [9.17, 15) is 14.7 Å². The first-order valence-corrected chi connectivity index (χ1v) is 9.96. The second kappa shape index (κ2) is 12.0. The summed E-state index contributed by atoms with van der Waals surface area (Å²) in [5.41, 5.74) is 0. The molecule has 1 rings (SSSR count). The van der Waals surface area contributed by atoms with E-state index >= 15 is 0 Å². The van der Waals surface area contributed by atoms with E-state index in [0.717, 1.165) is 17.9 Å². The normalized spacial score (nSPS) is 19.7. The van der Waals surface area contributed by atoms with Crippen LogP contribution in [-0.4, -0.2) is 57.2 Å². The molecule has 5 nitrogen and oxygen atoms in total. The lowest BCUT2D eigenvalue weighted by Crippen LogP contribution is -2.34. The fraction of sp³-hybridized carbons (Fsp3) is 0.684. The minimum absolute atomic E-state index is 0.0474. The number of carboxylic acid groups (broad SMARTS) is 1. The average molecular weight is 368 g/mol. The minimum atomic E-state index is -0.766. The van der Waals surface area contributed by atoms with Crippen LogP contribution in [0.15, 0.2) is 12.2 Å². The molecule has 0 aromatic rings. The van der Waals surface area contributed by atoms with Gasteiger partial charge in [0.25, 0.3) is 0 Å². The number of hydrogen-bond donors (Lipinski definition) is 2. The molecule has 3 atom stereocenters. The van der Waals surface area contributed by atoms with Crippen molar-refractivity contribution >= 4 is 23.6 Å². The molecular weight excluding hydrogens is 338 g/mol. The highest BCUT2D eigenvalue weighted by molar-refractivity contribution is 7.99. The molecule has 1 heterocycles. The summed E-state index contributed by atoms with van der Waals surface area (Å²) in [6.45, 7) is 4.42. The highest BCUT2D eigenvalue weighted by Gasteiger charge is 2.28. The van der Waals surface area contributed by atoms with Gasteiger partial charge in [0.05, 0.1) is 12.1 Å². The third-order valence-corrected chi connectivity index (χ3v) is 5.29. The first-order chi connectivity index (χ1) is 12.0. The van der Waals surface area contributed by atoms with Crippen molar-refractivity contribution in [3.05, 3.63) is 12.2 Å². The Balaban J connectivity index is 2.39. The minimum Gasteiger partial charge on any atom is -0.481 e. The van der Waals surface area contributed by atoms with Crippen molar-refractivity contribution < 1.29 is 19.8 Å². The SMILES string of the molecule is CC#CC[C@H](C)[C@H](O)C=CC1CCC(=O)N1CCSCCCC(=O)O. The first-order valence-electron chi connectivity index (χ1n) is 8.80. The van der Waals surface area contributed by atoms with Gasteiger partial charge in [0.2, 0.25) is 5.91 Å². The molecule has 0 spiro atoms. The Morgan fingerprint density at radius 1 is 1.48 bits per heavy atom. The van der Waals surface area contributed by atoms with Crippen LogP contribution < -0.4 is 0 Å². The molecule has 0 aliphatic carbocycles. The maximum absolute atomic E-state index is 12.0. The van der Waals surface area contributed by atoms with Gasteiger partial charge in [-0.3, -0.25) is 9.59 Å². The number of carbonyl (C=O) groups excluding carboxylic acids is 1. The molecule has 0 saturated carbocycles. The van der Waals surface area contributed by atoms with Crippen molar-refractivity contribution in [2.45, 2.75) is 58.1 Å². The van der Waals surface area contributed by atoms with Crippen molar-refractivity contribution in [1.82, 2.24) is 4.90 Å². The fourth-order valence-electron chi connectivity index (χ4n) is 2.65. The monoisotopic (exact) mass is 367 g/mol. The molecule has 25 heavy (non-hydrogen) atoms. The van der Waals surface area contributed by atoms with Crippen LogP contribution in [-0.2, 0) is 9.59 Å². The molecule has 1 fully saturated rings. The lowest BCUT2D eigenvalue weighted by atomic mass is 10.00. The number of aliphatic carboxylic acids is 1. The van der Waals surface area contributed by atoms with E-state index in [1.807, 2.05) is 17.9 Å². The highest BCUT2D eigenvalue weighted by atomic mass is 32.2. The zero-order valence-corrected chi connectivity index (χ0v) is 15.9. The maximum Gasteiger partial charge on any atom is 0.303 e. The molecule has 1 saturated heterocycles. The van der Waals surface area contributed by atoms with E-state index in [1.165, 1.54) is 0 Å². The highest BCUT2D eigenvalue weighted by Crippen LogP contribution is 2.21. The van der Waals surface area contributed by atoms with Crippen LogP contribution in [0.4, 0.5) is 0 Å². The van der Waals surface area contributed by atoms with Gasteiger partial charge in [0, 0.05) is 31.6 Å². The van der Waals surface area contributed by atoms with Gasteiger partial charge in [0.15, 0.2) is 0 Å². The summed E-state index contributed by atoms with van der Waals surface area (Å²) in [4.78, 5) is 24.4. The maximum atomic E-state index is 12.0. The number of aliphatic hydroxyl groups excluding tert-OH is 1. The first kappa shape index (κ1) is 21.6. The molecule has 1 aliphatic heterocycles. The number of thioether (sulfide) groups is 1. The molecule has 1 unspecified atom stereocenters. The van der Waals surface area contributed by atoms with Crippen LogP contribution >= 0.6 is 11.8 Å². The molecular formula is C19H29NO4S. The van der Waals surface area contributed by atoms with Gasteiger partial charge in [0.1, 0.15) is 0 Å². The third-order valence-electron chi connectivity index (χ3n) is 4.24. The molecule has 0 aromatic heterocycles. The number of amides is 1. The zero-order chi connectivity index (χ0) is 18.7. The Hall–Kier alpha value is -1.45. The van der Waals surface area contributed by atoms with Crippen LogP contribution in [0, 0.1) is 17.8 Å². The second-order valence-corrected chi connectivity index (χ2v) is 7.51. The summed E-state index contributed by atoms with van der Waals surface area (Å²) >= 11 is 1.68. The molecule has 140 valence electrons. The van der Waals surface area contributed by atoms with Gasteiger partial charge < -0.3 is 15.1 Å². The van der Waals surface area contributed by atoms with E-state index in [-0.39, 0.29) is 24.3 Å². The van der Waals surface area contributed by atoms with E-state index in [1.54, 1.807) is 24.8 Å². The van der Waals surface area contributed by atoms with Crippen molar-refractivity contribution in [3.8, 4) is 11.8 Å². The number of hydrogen-bond acceptors (Lipinski definition) is 4. The number of carbonyl (C=O) groups is 2. The Kier molecular flexibility index (Phi) is 10.4. The van der Waals surface area contributed by atoms with E-state index in [4.69, 9.17) is 5.11 Å². The molecule has 6 heteroatoms. The predicted molar refractivity (Wildman–Crippen MR) is 101 cm³/mol. The number of carboxylic acids is 1. The predicted octanol–water partition coefficient (Wildman–Crippen LogP) is 2.54. The lowest BCUT2D eigenvalue weighted by Gasteiger charge is -2.23. The van der Waals surface area contributed by atoms with Crippen LogP contribution in [0.25, 0.3) is 0 Å². The summed E-state index contributed by atoms with van der Waals surface area (Å²) in [6.07, 6.45) is 6.02. The van der Waals surface area contributed by atoms with Crippen LogP contribution in [0.2, 0.25) is 0 Å². The summed E-state index contributed by atoms with van der Waals surface area (Å²) in [7, 11) is 0. The van der Waals surface area contributed by atoms with Crippen molar-refractivity contribution in [1.29, 1.82) is 0 Å². The molecule has 1 amide bonds. The van der Waals surface area contributed by atoms with Gasteiger partial charge in [-0.25, -0.2) is 0 Å². The summed E-state index contributed by atoms with van der Waals surface area (Å²) in [5.74, 6) is 6.87.